The zero-order chi connectivity index (χ0) is 69.2. The van der Waals surface area contributed by atoms with E-state index in [1.54, 1.807) is 53.3 Å². The number of hydrogen-bond acceptors (Lipinski definition) is 13. The molecule has 0 spiro atoms. The molecule has 2 fully saturated rings. The number of hydrogen-bond donors (Lipinski definition) is 2. The van der Waals surface area contributed by atoms with Gasteiger partial charge in [-0.15, -0.1) is 0 Å². The molecule has 95 heavy (non-hydrogen) atoms. The van der Waals surface area contributed by atoms with Crippen LogP contribution in [-0.2, 0) is 79.0 Å². The van der Waals surface area contributed by atoms with E-state index in [0.717, 1.165) is 133 Å². The molecule has 2 aliphatic rings. The Bertz CT molecular complexity index is 4260. The smallest absolute Gasteiger partial charge is 0.330 e. The Labute approximate surface area is 564 Å². The van der Waals surface area contributed by atoms with Gasteiger partial charge in [0, 0.05) is 141 Å². The predicted molar refractivity (Wildman–Crippen MR) is 385 cm³/mol. The number of imidazole rings is 3. The van der Waals surface area contributed by atoms with Gasteiger partial charge in [0.25, 0.3) is 0 Å². The Morgan fingerprint density at radius 3 is 1.15 bits per heavy atom. The van der Waals surface area contributed by atoms with Crippen LogP contribution in [0, 0.1) is 16.2 Å². The van der Waals surface area contributed by atoms with Gasteiger partial charge >= 0.3 is 17.1 Å². The van der Waals surface area contributed by atoms with Crippen molar-refractivity contribution in [1.82, 2.24) is 62.4 Å². The number of aliphatic hydroxyl groups is 1. The molecule has 2 saturated heterocycles. The Morgan fingerprint density at radius 1 is 0.516 bits per heavy atom. The van der Waals surface area contributed by atoms with Gasteiger partial charge in [-0.2, -0.15) is 0 Å². The number of nitrogens with one attached hydrogen (secondary N) is 1. The molecule has 0 saturated carbocycles. The lowest BCUT2D eigenvalue weighted by Gasteiger charge is -2.34. The van der Waals surface area contributed by atoms with Crippen molar-refractivity contribution in [2.24, 2.45) is 37.4 Å². The summed E-state index contributed by atoms with van der Waals surface area (Å²) in [7, 11) is 6.65. The van der Waals surface area contributed by atoms with Gasteiger partial charge in [-0.05, 0) is 94.0 Å². The molecular weight excluding hydrogens is 1240 g/mol. The standard InChI is InChI=1S/C25H33N5O2.C20H25N3O.C19H23N3O2.C6H12N2O.CH3ClO2S.CH4/c1-18(31)29-13-11-28(12-14-29)16-19-7-6-8-20(15-19)21-9-10-22-23(26-21)27(5)24(32)30(22)17-25(2,3)4;1-6-14-8-7-9-15(12-14)16-10-11-17-18(21-16)22(5)19(24)23(17)13-20(2,3)4;1-19(2,3)12-22-16-9-8-15(20-17(16)21(4)18(22)24)14-7-5-6-13(10-14)11-23;1-6(9)8-4-2-7-3-5-8;1-5(2,3)4;/h6-10,15H,11-14,16-17H2,1-5H3;7-12H,6,13H2,1-5H3;5-10,23H,11-12H2,1-4H3;7H,2-5H2,1H3;1H3;1H4. The molecule has 0 atom stereocenters. The lowest BCUT2D eigenvalue weighted by atomic mass is 9.97. The molecule has 3 aromatic carbocycles. The fraction of sp³-hybridized carbons (Fsp3) is 0.472. The van der Waals surface area contributed by atoms with Crippen molar-refractivity contribution >= 4 is 65.0 Å². The molecule has 0 bridgehead atoms. The maximum absolute atomic E-state index is 12.8. The highest BCUT2D eigenvalue weighted by molar-refractivity contribution is 8.13. The largest absolute Gasteiger partial charge is 0.392 e. The highest BCUT2D eigenvalue weighted by atomic mass is 35.7. The van der Waals surface area contributed by atoms with Crippen molar-refractivity contribution < 1.29 is 23.1 Å². The summed E-state index contributed by atoms with van der Waals surface area (Å²) in [6.45, 7) is 34.3. The Kier molecular flexibility index (Phi) is 25.7. The molecule has 0 radical (unpaired) electrons. The van der Waals surface area contributed by atoms with Crippen LogP contribution in [0.1, 0.15) is 107 Å². The van der Waals surface area contributed by atoms with Crippen LogP contribution in [0.25, 0.3) is 67.3 Å². The first-order valence-corrected chi connectivity index (χ1v) is 34.7. The third-order valence-corrected chi connectivity index (χ3v) is 15.9. The third kappa shape index (κ3) is 21.0. The quantitative estimate of drug-likeness (QED) is 0.122. The number of aromatic nitrogens is 9. The normalized spacial score (nSPS) is 13.8. The number of carbonyl (C=O) groups excluding carboxylic acids is 2. The second-order valence-corrected chi connectivity index (χ2v) is 31.0. The fourth-order valence-corrected chi connectivity index (χ4v) is 11.3. The van der Waals surface area contributed by atoms with Crippen molar-refractivity contribution in [2.75, 3.05) is 58.6 Å². The Balaban J connectivity index is 0.000000205. The van der Waals surface area contributed by atoms with Gasteiger partial charge in [-0.25, -0.2) is 37.8 Å². The zero-order valence-electron chi connectivity index (χ0n) is 57.7. The van der Waals surface area contributed by atoms with Gasteiger partial charge in [0.05, 0.1) is 46.5 Å². The second kappa shape index (κ2) is 32.1. The van der Waals surface area contributed by atoms with Crippen LogP contribution in [0.3, 0.4) is 0 Å². The van der Waals surface area contributed by atoms with Crippen molar-refractivity contribution in [1.29, 1.82) is 0 Å². The third-order valence-electron chi connectivity index (χ3n) is 15.9. The summed E-state index contributed by atoms with van der Waals surface area (Å²) in [6, 6.07) is 36.4. The lowest BCUT2D eigenvalue weighted by Crippen LogP contribution is -2.47. The number of halogens is 1. The molecule has 0 aliphatic carbocycles. The van der Waals surface area contributed by atoms with E-state index in [1.807, 2.05) is 79.6 Å². The number of carbonyl (C=O) groups is 2. The summed E-state index contributed by atoms with van der Waals surface area (Å²) in [4.78, 5) is 80.7. The van der Waals surface area contributed by atoms with Gasteiger partial charge < -0.3 is 20.2 Å². The number of amides is 2. The van der Waals surface area contributed by atoms with Gasteiger partial charge in [0.1, 0.15) is 0 Å². The number of fused-ring (bicyclic) bond motifs is 3. The maximum Gasteiger partial charge on any atom is 0.330 e. The SMILES string of the molecule is C.CC(=O)N1CCN(Cc2cccc(-c3ccc4c(n3)n(C)c(=O)n4CC(C)(C)C)c2)CC1.CC(=O)N1CCNCC1.CCc1cccc(-c2ccc3c(n2)n(C)c(=O)n3CC(C)(C)C)c1.CS(=O)(=O)Cl.Cn1c(=O)n(CC(C)(C)C)c2ccc(-c3cccc(CO)c3)nc21. The van der Waals surface area contributed by atoms with E-state index in [2.05, 4.69) is 139 Å². The summed E-state index contributed by atoms with van der Waals surface area (Å²) in [5.41, 5.74) is 13.7. The molecule has 2 aliphatic heterocycles. The number of rotatable bonds is 10. The van der Waals surface area contributed by atoms with Crippen LogP contribution in [-0.4, -0.2) is 141 Å². The van der Waals surface area contributed by atoms with Gasteiger partial charge in [0.2, 0.25) is 20.9 Å². The van der Waals surface area contributed by atoms with Crippen molar-refractivity contribution in [3.05, 3.63) is 157 Å². The summed E-state index contributed by atoms with van der Waals surface area (Å²) in [6.07, 6.45) is 1.92. The molecule has 2 N–H and O–H groups in total. The van der Waals surface area contributed by atoms with E-state index in [0.29, 0.717) is 30.9 Å². The molecule has 0 unspecified atom stereocenters. The van der Waals surface area contributed by atoms with E-state index < -0.39 is 9.05 Å². The number of nitrogens with zero attached hydrogens (tertiary/aromatic N) is 12. The number of aliphatic hydroxyl groups excluding tert-OH is 1. The van der Waals surface area contributed by atoms with Crippen LogP contribution >= 0.6 is 10.7 Å². The van der Waals surface area contributed by atoms with Gasteiger partial charge in [-0.1, -0.05) is 131 Å². The zero-order valence-corrected chi connectivity index (χ0v) is 59.3. The van der Waals surface area contributed by atoms with Crippen molar-refractivity contribution in [3.8, 4) is 33.8 Å². The second-order valence-electron chi connectivity index (χ2n) is 27.9. The number of pyridine rings is 3. The maximum atomic E-state index is 12.8. The molecule has 21 nitrogen and oxygen atoms in total. The Hall–Kier alpha value is -8.02. The van der Waals surface area contributed by atoms with Crippen LogP contribution in [0.2, 0.25) is 0 Å². The first-order valence-electron chi connectivity index (χ1n) is 31.9. The Morgan fingerprint density at radius 2 is 0.832 bits per heavy atom. The minimum atomic E-state index is -3.19. The molecule has 23 heteroatoms. The average Bonchev–Trinajstić information content (AvgIpc) is 1.64. The molecule has 11 rings (SSSR count). The van der Waals surface area contributed by atoms with E-state index >= 15 is 0 Å². The summed E-state index contributed by atoms with van der Waals surface area (Å²) in [5.74, 6) is 0.343. The summed E-state index contributed by atoms with van der Waals surface area (Å²) in [5, 5.41) is 12.5. The topological polar surface area (TPSA) is 230 Å². The first-order chi connectivity index (χ1) is 44.0. The van der Waals surface area contributed by atoms with E-state index in [9.17, 15) is 37.5 Å². The van der Waals surface area contributed by atoms with E-state index in [1.165, 1.54) is 11.1 Å². The highest BCUT2D eigenvalue weighted by Gasteiger charge is 2.24. The molecule has 8 heterocycles. The molecule has 9 aromatic rings. The van der Waals surface area contributed by atoms with Gasteiger partial charge in [0.15, 0.2) is 16.9 Å². The van der Waals surface area contributed by atoms with Crippen molar-refractivity contribution in [3.63, 3.8) is 0 Å². The van der Waals surface area contributed by atoms with Crippen LogP contribution < -0.4 is 22.4 Å². The van der Waals surface area contributed by atoms with Gasteiger partial charge in [-0.3, -0.25) is 41.9 Å². The van der Waals surface area contributed by atoms with Crippen molar-refractivity contribution in [2.45, 2.75) is 130 Å². The number of piperazine rings is 2. The highest BCUT2D eigenvalue weighted by Crippen LogP contribution is 2.28. The van der Waals surface area contributed by atoms with Crippen LogP contribution in [0.4, 0.5) is 0 Å². The molecule has 6 aromatic heterocycles. The summed E-state index contributed by atoms with van der Waals surface area (Å²) >= 11 is 0. The predicted octanol–water partition coefficient (Wildman–Crippen LogP) is 10.3. The fourth-order valence-electron chi connectivity index (χ4n) is 11.3. The van der Waals surface area contributed by atoms with E-state index in [-0.39, 0.29) is 59.2 Å². The lowest BCUT2D eigenvalue weighted by molar-refractivity contribution is -0.131. The minimum Gasteiger partial charge on any atom is -0.392 e. The monoisotopic (exact) mass is 1340 g/mol. The number of aryl methyl sites for hydroxylation is 4. The average molecular weight is 1340 g/mol. The van der Waals surface area contributed by atoms with Crippen LogP contribution in [0.5, 0.6) is 0 Å². The molecular formula is C72H100ClN13O8S. The number of benzene rings is 3. The molecule has 514 valence electrons. The molecule has 2 amide bonds. The van der Waals surface area contributed by atoms with Crippen LogP contribution in [0.15, 0.2) is 124 Å². The van der Waals surface area contributed by atoms with E-state index in [4.69, 9.17) is 15.0 Å². The first kappa shape index (κ1) is 76.0. The minimum absolute atomic E-state index is 0. The summed E-state index contributed by atoms with van der Waals surface area (Å²) < 4.78 is 29.1.